The second kappa shape index (κ2) is 5.39. The molecule has 4 nitrogen and oxygen atoms in total. The van der Waals surface area contributed by atoms with Gasteiger partial charge in [-0.05, 0) is 55.4 Å². The maximum Gasteiger partial charge on any atom is 0.229 e. The van der Waals surface area contributed by atoms with Gasteiger partial charge in [0.2, 0.25) is 5.91 Å². The van der Waals surface area contributed by atoms with Crippen LogP contribution in [0.4, 0.5) is 5.69 Å². The van der Waals surface area contributed by atoms with Gasteiger partial charge in [-0.2, -0.15) is 0 Å². The molecule has 0 aromatic heterocycles. The minimum absolute atomic E-state index is 0. The van der Waals surface area contributed by atoms with Crippen molar-refractivity contribution in [3.05, 3.63) is 24.3 Å². The van der Waals surface area contributed by atoms with Gasteiger partial charge in [-0.15, -0.1) is 12.4 Å². The van der Waals surface area contributed by atoms with Crippen molar-refractivity contribution in [2.45, 2.75) is 25.3 Å². The fourth-order valence-electron chi connectivity index (χ4n) is 3.50. The first kappa shape index (κ1) is 14.2. The number of benzene rings is 1. The summed E-state index contributed by atoms with van der Waals surface area (Å²) < 4.78 is 0. The van der Waals surface area contributed by atoms with E-state index in [0.29, 0.717) is 17.5 Å². The summed E-state index contributed by atoms with van der Waals surface area (Å²) in [5.74, 6) is 1.18. The molecule has 0 aliphatic heterocycles. The largest absolute Gasteiger partial charge is 0.508 e. The van der Waals surface area contributed by atoms with Crippen molar-refractivity contribution >= 4 is 24.0 Å². The first-order valence-electron chi connectivity index (χ1n) is 6.50. The molecule has 1 aromatic carbocycles. The average molecular weight is 283 g/mol. The highest BCUT2D eigenvalue weighted by Crippen LogP contribution is 2.47. The van der Waals surface area contributed by atoms with Crippen LogP contribution in [0, 0.1) is 17.8 Å². The molecular weight excluding hydrogens is 264 g/mol. The molecule has 0 heterocycles. The summed E-state index contributed by atoms with van der Waals surface area (Å²) in [5.41, 5.74) is 6.86. The maximum absolute atomic E-state index is 12.2. The lowest BCUT2D eigenvalue weighted by Gasteiger charge is -2.27. The molecule has 5 heteroatoms. The number of halogens is 1. The second-order valence-corrected chi connectivity index (χ2v) is 5.47. The van der Waals surface area contributed by atoms with Crippen molar-refractivity contribution < 1.29 is 9.90 Å². The number of phenolic OH excluding ortho intramolecular Hbond substituents is 1. The molecule has 0 spiro atoms. The van der Waals surface area contributed by atoms with Crippen LogP contribution in [0.2, 0.25) is 0 Å². The van der Waals surface area contributed by atoms with E-state index in [2.05, 4.69) is 5.32 Å². The summed E-state index contributed by atoms with van der Waals surface area (Å²) >= 11 is 0. The zero-order chi connectivity index (χ0) is 12.7. The van der Waals surface area contributed by atoms with Crippen LogP contribution in [0.15, 0.2) is 24.3 Å². The van der Waals surface area contributed by atoms with Crippen LogP contribution in [0.5, 0.6) is 5.75 Å². The molecule has 1 aromatic rings. The van der Waals surface area contributed by atoms with Crippen molar-refractivity contribution in [2.24, 2.45) is 23.5 Å². The molecule has 4 atom stereocenters. The lowest BCUT2D eigenvalue weighted by molar-refractivity contribution is -0.121. The van der Waals surface area contributed by atoms with Crippen molar-refractivity contribution in [1.29, 1.82) is 0 Å². The van der Waals surface area contributed by atoms with Gasteiger partial charge in [0.1, 0.15) is 5.75 Å². The van der Waals surface area contributed by atoms with E-state index < -0.39 is 0 Å². The van der Waals surface area contributed by atoms with Crippen molar-refractivity contribution in [3.63, 3.8) is 0 Å². The fraction of sp³-hybridized carbons (Fsp3) is 0.500. The highest BCUT2D eigenvalue weighted by Gasteiger charge is 2.48. The topological polar surface area (TPSA) is 75.4 Å². The Kier molecular flexibility index (Phi) is 4.02. The summed E-state index contributed by atoms with van der Waals surface area (Å²) in [6, 6.07) is 6.55. The number of anilines is 1. The summed E-state index contributed by atoms with van der Waals surface area (Å²) in [6.45, 7) is 0. The molecule has 3 rings (SSSR count). The van der Waals surface area contributed by atoms with E-state index in [1.165, 1.54) is 6.42 Å². The zero-order valence-corrected chi connectivity index (χ0v) is 11.4. The van der Waals surface area contributed by atoms with E-state index in [9.17, 15) is 9.90 Å². The zero-order valence-electron chi connectivity index (χ0n) is 10.6. The van der Waals surface area contributed by atoms with Gasteiger partial charge in [0.15, 0.2) is 0 Å². The Labute approximate surface area is 118 Å². The second-order valence-electron chi connectivity index (χ2n) is 5.47. The lowest BCUT2D eigenvalue weighted by atomic mass is 9.84. The number of carbonyl (C=O) groups excluding carboxylic acids is 1. The van der Waals surface area contributed by atoms with Gasteiger partial charge < -0.3 is 16.2 Å². The van der Waals surface area contributed by atoms with E-state index >= 15 is 0 Å². The molecule has 0 radical (unpaired) electrons. The minimum atomic E-state index is -0.0439. The number of nitrogens with one attached hydrogen (secondary N) is 1. The van der Waals surface area contributed by atoms with E-state index in [1.54, 1.807) is 24.3 Å². The Hall–Kier alpha value is -1.26. The Morgan fingerprint density at radius 3 is 2.42 bits per heavy atom. The van der Waals surface area contributed by atoms with Gasteiger partial charge in [0.05, 0.1) is 5.92 Å². The number of fused-ring (bicyclic) bond motifs is 2. The quantitative estimate of drug-likeness (QED) is 0.728. The normalized spacial score (nSPS) is 31.8. The number of hydrogen-bond acceptors (Lipinski definition) is 3. The summed E-state index contributed by atoms with van der Waals surface area (Å²) in [6.07, 6.45) is 3.41. The minimum Gasteiger partial charge on any atom is -0.508 e. The predicted molar refractivity (Wildman–Crippen MR) is 76.3 cm³/mol. The number of phenols is 1. The summed E-state index contributed by atoms with van der Waals surface area (Å²) in [4.78, 5) is 12.2. The van der Waals surface area contributed by atoms with Gasteiger partial charge in [-0.25, -0.2) is 0 Å². The van der Waals surface area contributed by atoms with Crippen LogP contribution in [0.3, 0.4) is 0 Å². The Balaban J connectivity index is 0.00000133. The Morgan fingerprint density at radius 1 is 1.21 bits per heavy atom. The van der Waals surface area contributed by atoms with Gasteiger partial charge in [0.25, 0.3) is 0 Å². The fourth-order valence-corrected chi connectivity index (χ4v) is 3.50. The van der Waals surface area contributed by atoms with Gasteiger partial charge in [-0.3, -0.25) is 4.79 Å². The number of aromatic hydroxyl groups is 1. The average Bonchev–Trinajstić information content (AvgIpc) is 2.92. The third-order valence-electron chi connectivity index (χ3n) is 4.42. The number of carbonyl (C=O) groups is 1. The molecule has 2 saturated carbocycles. The van der Waals surface area contributed by atoms with Gasteiger partial charge in [0, 0.05) is 11.7 Å². The molecule has 104 valence electrons. The number of amides is 1. The van der Waals surface area contributed by atoms with Crippen LogP contribution < -0.4 is 11.1 Å². The lowest BCUT2D eigenvalue weighted by Crippen LogP contribution is -2.42. The van der Waals surface area contributed by atoms with Gasteiger partial charge in [-0.1, -0.05) is 0 Å². The van der Waals surface area contributed by atoms with E-state index in [1.807, 2.05) is 0 Å². The highest BCUT2D eigenvalue weighted by atomic mass is 35.5. The number of nitrogens with two attached hydrogens (primary N) is 1. The molecule has 2 aliphatic rings. The first-order chi connectivity index (χ1) is 8.65. The van der Waals surface area contributed by atoms with Crippen LogP contribution in [-0.4, -0.2) is 17.1 Å². The van der Waals surface area contributed by atoms with Crippen molar-refractivity contribution in [1.82, 2.24) is 0 Å². The van der Waals surface area contributed by atoms with Crippen LogP contribution in [0.1, 0.15) is 19.3 Å². The first-order valence-corrected chi connectivity index (χ1v) is 6.50. The predicted octanol–water partition coefficient (Wildman–Crippen LogP) is 2.13. The van der Waals surface area contributed by atoms with Crippen LogP contribution in [-0.2, 0) is 4.79 Å². The molecule has 4 unspecified atom stereocenters. The molecule has 2 aliphatic carbocycles. The molecule has 2 fully saturated rings. The van der Waals surface area contributed by atoms with Crippen molar-refractivity contribution in [3.8, 4) is 5.75 Å². The standard InChI is InChI=1S/C14H18N2O2.ClH/c15-13-9-2-1-8(7-9)12(13)14(18)16-10-3-5-11(17)6-4-10;/h3-6,8-9,12-13,17H,1-2,7,15H2,(H,16,18);1H. The van der Waals surface area contributed by atoms with Crippen LogP contribution >= 0.6 is 12.4 Å². The van der Waals surface area contributed by atoms with Gasteiger partial charge >= 0.3 is 0 Å². The maximum atomic E-state index is 12.2. The highest BCUT2D eigenvalue weighted by molar-refractivity contribution is 5.93. The smallest absolute Gasteiger partial charge is 0.229 e. The molecule has 2 bridgehead atoms. The number of hydrogen-bond donors (Lipinski definition) is 3. The Bertz CT molecular complexity index is 461. The molecule has 4 N–H and O–H groups in total. The summed E-state index contributed by atoms with van der Waals surface area (Å²) in [7, 11) is 0. The molecule has 1 amide bonds. The third kappa shape index (κ3) is 2.55. The third-order valence-corrected chi connectivity index (χ3v) is 4.42. The van der Waals surface area contributed by atoms with E-state index in [0.717, 1.165) is 12.8 Å². The van der Waals surface area contributed by atoms with E-state index in [4.69, 9.17) is 5.73 Å². The van der Waals surface area contributed by atoms with Crippen molar-refractivity contribution in [2.75, 3.05) is 5.32 Å². The number of rotatable bonds is 2. The Morgan fingerprint density at radius 2 is 1.84 bits per heavy atom. The summed E-state index contributed by atoms with van der Waals surface area (Å²) in [5, 5.41) is 12.1. The molecular formula is C14H19ClN2O2. The van der Waals surface area contributed by atoms with Crippen LogP contribution in [0.25, 0.3) is 0 Å². The molecule has 0 saturated heterocycles. The molecule has 19 heavy (non-hydrogen) atoms. The monoisotopic (exact) mass is 282 g/mol. The van der Waals surface area contributed by atoms with E-state index in [-0.39, 0.29) is 36.0 Å². The SMILES string of the molecule is Cl.NC1C2CCC(C2)C1C(=O)Nc1ccc(O)cc1.